The summed E-state index contributed by atoms with van der Waals surface area (Å²) in [5.41, 5.74) is 2.77. The second-order valence-corrected chi connectivity index (χ2v) is 5.47. The van der Waals surface area contributed by atoms with Crippen LogP contribution >= 0.6 is 0 Å². The number of benzene rings is 1. The number of ether oxygens (including phenoxy) is 1. The predicted octanol–water partition coefficient (Wildman–Crippen LogP) is 1.59. The van der Waals surface area contributed by atoms with Crippen LogP contribution in [-0.2, 0) is 6.42 Å². The van der Waals surface area contributed by atoms with Gasteiger partial charge in [-0.25, -0.2) is 0 Å². The fourth-order valence-corrected chi connectivity index (χ4v) is 3.30. The molecule has 3 heterocycles. The van der Waals surface area contributed by atoms with Crippen LogP contribution in [0.2, 0.25) is 0 Å². The maximum atomic E-state index is 6.18. The van der Waals surface area contributed by atoms with Crippen LogP contribution in [0.25, 0.3) is 0 Å². The third kappa shape index (κ3) is 1.86. The van der Waals surface area contributed by atoms with E-state index in [-0.39, 0.29) is 6.10 Å². The summed E-state index contributed by atoms with van der Waals surface area (Å²) in [5.74, 6) is 2.06. The number of hydrogen-bond donors (Lipinski definition) is 1. The molecule has 100 valence electrons. The lowest BCUT2D eigenvalue weighted by Gasteiger charge is -2.36. The third-order valence-electron chi connectivity index (χ3n) is 4.18. The van der Waals surface area contributed by atoms with Crippen molar-refractivity contribution in [3.05, 3.63) is 23.8 Å². The van der Waals surface area contributed by atoms with Gasteiger partial charge in [0.25, 0.3) is 0 Å². The molecule has 19 heavy (non-hydrogen) atoms. The Bertz CT molecular complexity index is 526. The van der Waals surface area contributed by atoms with Crippen molar-refractivity contribution in [3.63, 3.8) is 0 Å². The Kier molecular flexibility index (Phi) is 2.60. The average molecular weight is 257 g/mol. The summed E-state index contributed by atoms with van der Waals surface area (Å²) in [5, 5.41) is 3.35. The van der Waals surface area contributed by atoms with Crippen LogP contribution in [0.3, 0.4) is 0 Å². The number of amidine groups is 1. The molecule has 0 bridgehead atoms. The van der Waals surface area contributed by atoms with Gasteiger partial charge in [0, 0.05) is 13.1 Å². The molecule has 1 N–H and O–H groups in total. The number of aryl methyl sites for hydroxylation is 1. The summed E-state index contributed by atoms with van der Waals surface area (Å²) < 4.78 is 6.18. The Hall–Kier alpha value is -1.71. The Morgan fingerprint density at radius 1 is 1.32 bits per heavy atom. The van der Waals surface area contributed by atoms with Gasteiger partial charge in [0.2, 0.25) is 0 Å². The van der Waals surface area contributed by atoms with Crippen LogP contribution in [0.5, 0.6) is 5.75 Å². The summed E-state index contributed by atoms with van der Waals surface area (Å²) >= 11 is 0. The van der Waals surface area contributed by atoms with Crippen molar-refractivity contribution in [2.24, 2.45) is 4.99 Å². The van der Waals surface area contributed by atoms with Gasteiger partial charge in [-0.2, -0.15) is 0 Å². The molecule has 4 rings (SSSR count). The molecule has 4 heteroatoms. The van der Waals surface area contributed by atoms with Crippen LogP contribution in [-0.4, -0.2) is 38.1 Å². The van der Waals surface area contributed by atoms with Gasteiger partial charge in [-0.1, -0.05) is 12.1 Å². The van der Waals surface area contributed by atoms with E-state index in [0.717, 1.165) is 37.8 Å². The molecule has 0 aromatic heterocycles. The fourth-order valence-electron chi connectivity index (χ4n) is 3.30. The van der Waals surface area contributed by atoms with E-state index >= 15 is 0 Å². The average Bonchev–Trinajstić information content (AvgIpc) is 2.89. The van der Waals surface area contributed by atoms with Gasteiger partial charge in [-0.15, -0.1) is 0 Å². The van der Waals surface area contributed by atoms with Gasteiger partial charge in [0.1, 0.15) is 11.6 Å². The molecule has 0 aliphatic carbocycles. The minimum absolute atomic E-state index is 0.0725. The zero-order valence-corrected chi connectivity index (χ0v) is 11.1. The first kappa shape index (κ1) is 11.1. The lowest BCUT2D eigenvalue weighted by atomic mass is 10.1. The first-order chi connectivity index (χ1) is 9.42. The number of para-hydroxylation sites is 1. The molecule has 0 fully saturated rings. The largest absolute Gasteiger partial charge is 0.478 e. The molecule has 3 aliphatic heterocycles. The Labute approximate surface area is 113 Å². The standard InChI is InChI=1S/C15H19N3O/c1-2-9-18-10-13(15-16-7-8-17-15)19-12-6-3-5-11(4-1)14(12)18/h3,5-6,13H,1-2,4,7-10H2,(H,16,17). The zero-order valence-electron chi connectivity index (χ0n) is 11.1. The van der Waals surface area contributed by atoms with E-state index in [9.17, 15) is 0 Å². The first-order valence-corrected chi connectivity index (χ1v) is 7.23. The van der Waals surface area contributed by atoms with Crippen molar-refractivity contribution in [1.29, 1.82) is 0 Å². The predicted molar refractivity (Wildman–Crippen MR) is 76.3 cm³/mol. The summed E-state index contributed by atoms with van der Waals surface area (Å²) in [4.78, 5) is 7.01. The van der Waals surface area contributed by atoms with Gasteiger partial charge in [-0.3, -0.25) is 4.99 Å². The highest BCUT2D eigenvalue weighted by Gasteiger charge is 2.32. The monoisotopic (exact) mass is 257 g/mol. The van der Waals surface area contributed by atoms with E-state index in [1.54, 1.807) is 0 Å². The summed E-state index contributed by atoms with van der Waals surface area (Å²) in [7, 11) is 0. The number of hydrogen-bond acceptors (Lipinski definition) is 4. The minimum Gasteiger partial charge on any atom is -0.478 e. The molecule has 0 radical (unpaired) electrons. The topological polar surface area (TPSA) is 36.9 Å². The second kappa shape index (κ2) is 4.44. The van der Waals surface area contributed by atoms with Crippen molar-refractivity contribution in [2.75, 3.05) is 31.1 Å². The highest BCUT2D eigenvalue weighted by Crippen LogP contribution is 2.39. The fraction of sp³-hybridized carbons (Fsp3) is 0.533. The second-order valence-electron chi connectivity index (χ2n) is 5.47. The van der Waals surface area contributed by atoms with Crippen LogP contribution in [0.1, 0.15) is 18.4 Å². The molecule has 0 amide bonds. The summed E-state index contributed by atoms with van der Waals surface area (Å²) in [6.45, 7) is 3.89. The molecule has 1 atom stereocenters. The number of nitrogens with one attached hydrogen (secondary N) is 1. The smallest absolute Gasteiger partial charge is 0.173 e. The number of aliphatic imine (C=N–C) groups is 1. The SMILES string of the molecule is c1cc2c3c(c1)OC(C1=NCCN1)CN3CCCC2. The number of rotatable bonds is 1. The highest BCUT2D eigenvalue weighted by molar-refractivity contribution is 5.89. The van der Waals surface area contributed by atoms with Gasteiger partial charge < -0.3 is 15.0 Å². The van der Waals surface area contributed by atoms with Gasteiger partial charge in [-0.05, 0) is 30.9 Å². The van der Waals surface area contributed by atoms with Crippen LogP contribution in [0.4, 0.5) is 5.69 Å². The van der Waals surface area contributed by atoms with Gasteiger partial charge in [0.15, 0.2) is 6.10 Å². The summed E-state index contributed by atoms with van der Waals surface area (Å²) in [6, 6.07) is 6.45. The summed E-state index contributed by atoms with van der Waals surface area (Å²) in [6.07, 6.45) is 3.79. The Morgan fingerprint density at radius 3 is 3.21 bits per heavy atom. The maximum absolute atomic E-state index is 6.18. The van der Waals surface area contributed by atoms with Crippen molar-refractivity contribution < 1.29 is 4.74 Å². The molecular weight excluding hydrogens is 238 g/mol. The van der Waals surface area contributed by atoms with E-state index in [4.69, 9.17) is 4.74 Å². The lowest BCUT2D eigenvalue weighted by molar-refractivity contribution is 0.253. The van der Waals surface area contributed by atoms with E-state index in [2.05, 4.69) is 33.4 Å². The number of nitrogens with zero attached hydrogens (tertiary/aromatic N) is 2. The molecule has 1 aromatic rings. The molecule has 1 aromatic carbocycles. The molecule has 0 spiro atoms. The first-order valence-electron chi connectivity index (χ1n) is 7.23. The van der Waals surface area contributed by atoms with Crippen molar-refractivity contribution in [2.45, 2.75) is 25.4 Å². The highest BCUT2D eigenvalue weighted by atomic mass is 16.5. The lowest BCUT2D eigenvalue weighted by Crippen LogP contribution is -2.48. The van der Waals surface area contributed by atoms with Crippen molar-refractivity contribution >= 4 is 11.5 Å². The molecule has 0 saturated carbocycles. The molecule has 3 aliphatic rings. The van der Waals surface area contributed by atoms with E-state index in [0.29, 0.717) is 0 Å². The maximum Gasteiger partial charge on any atom is 0.173 e. The van der Waals surface area contributed by atoms with E-state index in [1.807, 2.05) is 0 Å². The van der Waals surface area contributed by atoms with Crippen molar-refractivity contribution in [1.82, 2.24) is 5.32 Å². The Morgan fingerprint density at radius 2 is 2.32 bits per heavy atom. The van der Waals surface area contributed by atoms with Crippen LogP contribution in [0, 0.1) is 0 Å². The van der Waals surface area contributed by atoms with Gasteiger partial charge in [0.05, 0.1) is 18.8 Å². The van der Waals surface area contributed by atoms with Gasteiger partial charge >= 0.3 is 0 Å². The quantitative estimate of drug-likeness (QED) is 0.830. The third-order valence-corrected chi connectivity index (χ3v) is 4.18. The minimum atomic E-state index is 0.0725. The molecule has 0 saturated heterocycles. The normalized spacial score (nSPS) is 24.9. The number of anilines is 1. The van der Waals surface area contributed by atoms with Crippen LogP contribution in [0.15, 0.2) is 23.2 Å². The van der Waals surface area contributed by atoms with E-state index < -0.39 is 0 Å². The Balaban J connectivity index is 1.72. The zero-order chi connectivity index (χ0) is 12.7. The molecule has 1 unspecified atom stereocenters. The molecule has 4 nitrogen and oxygen atoms in total. The van der Waals surface area contributed by atoms with Crippen molar-refractivity contribution in [3.8, 4) is 5.75 Å². The molecular formula is C15H19N3O. The van der Waals surface area contributed by atoms with Crippen LogP contribution < -0.4 is 15.0 Å². The van der Waals surface area contributed by atoms with E-state index in [1.165, 1.54) is 30.5 Å².